The maximum atomic E-state index is 13.0. The molecule has 0 bridgehead atoms. The highest BCUT2D eigenvalue weighted by Gasteiger charge is 2.30. The molecular formula is C14H18BF3NO4-. The number of halogens is 3. The fourth-order valence-corrected chi connectivity index (χ4v) is 1.91. The Morgan fingerprint density at radius 2 is 1.74 bits per heavy atom. The average Bonchev–Trinajstić information content (AvgIpc) is 2.34. The van der Waals surface area contributed by atoms with Crippen molar-refractivity contribution in [3.8, 4) is 0 Å². The van der Waals surface area contributed by atoms with Crippen LogP contribution in [0.3, 0.4) is 0 Å². The molecule has 0 radical (unpaired) electrons. The number of carboxylic acids is 1. The molecule has 0 aliphatic rings. The highest BCUT2D eigenvalue weighted by Crippen LogP contribution is 2.25. The summed E-state index contributed by atoms with van der Waals surface area (Å²) in [6.45, 7) is 0.774. The van der Waals surface area contributed by atoms with E-state index < -0.39 is 35.7 Å². The molecule has 0 atom stereocenters. The third-order valence-corrected chi connectivity index (χ3v) is 3.04. The van der Waals surface area contributed by atoms with Crippen LogP contribution < -0.4 is 10.4 Å². The minimum Gasteiger partial charge on any atom is -0.478 e. The lowest BCUT2D eigenvalue weighted by atomic mass is 9.78. The fraction of sp³-hybridized carbons (Fsp3) is 0.429. The molecule has 0 aromatic heterocycles. The first-order valence-electron chi connectivity index (χ1n) is 6.78. The standard InChI is InChI=1S/C14H18BF3NO4/c1-8-10(12(20)21)6-9(15(16,17)18)7-11(8)19(5)13(22)23-14(2,3)4/h6-7H,1-5H3,(H,20,21)/q-1. The van der Waals surface area contributed by atoms with Gasteiger partial charge in [0, 0.05) is 12.7 Å². The second-order valence-electron chi connectivity index (χ2n) is 6.13. The average molecular weight is 332 g/mol. The van der Waals surface area contributed by atoms with Crippen LogP contribution in [-0.2, 0) is 4.74 Å². The van der Waals surface area contributed by atoms with Crippen LogP contribution >= 0.6 is 0 Å². The van der Waals surface area contributed by atoms with Crippen LogP contribution in [0.2, 0.25) is 0 Å². The van der Waals surface area contributed by atoms with E-state index in [9.17, 15) is 22.5 Å². The lowest BCUT2D eigenvalue weighted by Gasteiger charge is -2.27. The van der Waals surface area contributed by atoms with Gasteiger partial charge in [0.2, 0.25) is 0 Å². The Hall–Kier alpha value is -2.19. The molecule has 0 spiro atoms. The van der Waals surface area contributed by atoms with E-state index in [2.05, 4.69) is 0 Å². The number of hydrogen-bond donors (Lipinski definition) is 1. The maximum absolute atomic E-state index is 13.0. The highest BCUT2D eigenvalue weighted by atomic mass is 19.4. The highest BCUT2D eigenvalue weighted by molar-refractivity contribution is 6.73. The van der Waals surface area contributed by atoms with E-state index in [-0.39, 0.29) is 11.3 Å². The van der Waals surface area contributed by atoms with Crippen molar-refractivity contribution in [2.24, 2.45) is 0 Å². The molecule has 1 N–H and O–H groups in total. The van der Waals surface area contributed by atoms with Crippen molar-refractivity contribution in [3.05, 3.63) is 23.3 Å². The van der Waals surface area contributed by atoms with E-state index in [1.807, 2.05) is 0 Å². The van der Waals surface area contributed by atoms with Crippen LogP contribution in [0.1, 0.15) is 36.7 Å². The van der Waals surface area contributed by atoms with Crippen molar-refractivity contribution < 1.29 is 32.4 Å². The van der Waals surface area contributed by atoms with E-state index in [4.69, 9.17) is 9.84 Å². The topological polar surface area (TPSA) is 66.8 Å². The summed E-state index contributed by atoms with van der Waals surface area (Å²) in [5.74, 6) is -1.50. The van der Waals surface area contributed by atoms with Crippen molar-refractivity contribution in [1.82, 2.24) is 0 Å². The molecule has 0 aliphatic carbocycles. The van der Waals surface area contributed by atoms with E-state index in [1.165, 1.54) is 14.0 Å². The molecule has 1 aromatic carbocycles. The number of amides is 1. The second-order valence-corrected chi connectivity index (χ2v) is 6.13. The van der Waals surface area contributed by atoms with Gasteiger partial charge in [-0.05, 0) is 33.3 Å². The normalized spacial score (nSPS) is 12.0. The predicted molar refractivity (Wildman–Crippen MR) is 81.5 cm³/mol. The summed E-state index contributed by atoms with van der Waals surface area (Å²) in [7, 11) is 1.23. The number of anilines is 1. The monoisotopic (exact) mass is 332 g/mol. The number of aromatic carboxylic acids is 1. The Balaban J connectivity index is 3.42. The second kappa shape index (κ2) is 6.13. The molecule has 0 fully saturated rings. The summed E-state index contributed by atoms with van der Waals surface area (Å²) in [6, 6.07) is 1.33. The van der Waals surface area contributed by atoms with Gasteiger partial charge in [-0.3, -0.25) is 4.90 Å². The summed E-state index contributed by atoms with van der Waals surface area (Å²) >= 11 is 0. The van der Waals surface area contributed by atoms with Crippen molar-refractivity contribution >= 4 is 30.2 Å². The zero-order chi connectivity index (χ0) is 18.2. The zero-order valence-electron chi connectivity index (χ0n) is 13.5. The number of nitrogens with zero attached hydrogens (tertiary/aromatic N) is 1. The molecule has 0 saturated heterocycles. The van der Waals surface area contributed by atoms with Crippen molar-refractivity contribution in [3.63, 3.8) is 0 Å². The summed E-state index contributed by atoms with van der Waals surface area (Å²) in [4.78, 5) is 24.1. The minimum absolute atomic E-state index is 0.0506. The van der Waals surface area contributed by atoms with Crippen molar-refractivity contribution in [2.45, 2.75) is 33.3 Å². The number of carbonyl (C=O) groups is 2. The molecule has 128 valence electrons. The van der Waals surface area contributed by atoms with Gasteiger partial charge in [-0.1, -0.05) is 12.1 Å². The Kier molecular flexibility index (Phi) is 5.03. The SMILES string of the molecule is Cc1c(C(=O)O)cc([B-](F)(F)F)cc1N(C)C(=O)OC(C)(C)C. The number of rotatable bonds is 3. The maximum Gasteiger partial charge on any atom is 0.509 e. The first-order valence-corrected chi connectivity index (χ1v) is 6.78. The Labute approximate surface area is 132 Å². The molecule has 0 aliphatic heterocycles. The summed E-state index contributed by atoms with van der Waals surface area (Å²) in [5, 5.41) is 9.09. The largest absolute Gasteiger partial charge is 0.509 e. The molecule has 0 heterocycles. The smallest absolute Gasteiger partial charge is 0.478 e. The van der Waals surface area contributed by atoms with E-state index >= 15 is 0 Å². The van der Waals surface area contributed by atoms with Gasteiger partial charge in [0.15, 0.2) is 0 Å². The van der Waals surface area contributed by atoms with Crippen LogP contribution in [-0.4, -0.2) is 36.8 Å². The molecule has 5 nitrogen and oxygen atoms in total. The van der Waals surface area contributed by atoms with Gasteiger partial charge in [-0.2, -0.15) is 0 Å². The van der Waals surface area contributed by atoms with Crippen LogP contribution in [0.5, 0.6) is 0 Å². The number of benzene rings is 1. The third-order valence-electron chi connectivity index (χ3n) is 3.04. The van der Waals surface area contributed by atoms with E-state index in [0.29, 0.717) is 6.07 Å². The van der Waals surface area contributed by atoms with Crippen molar-refractivity contribution in [2.75, 3.05) is 11.9 Å². The molecular weight excluding hydrogens is 314 g/mol. The number of ether oxygens (including phenoxy) is 1. The minimum atomic E-state index is -5.41. The number of carboxylic acid groups (broad SMARTS) is 1. The van der Waals surface area contributed by atoms with Gasteiger partial charge in [0.1, 0.15) is 5.60 Å². The molecule has 1 rings (SSSR count). The number of hydrogen-bond acceptors (Lipinski definition) is 3. The third kappa shape index (κ3) is 4.64. The van der Waals surface area contributed by atoms with Crippen LogP contribution in [0.25, 0.3) is 0 Å². The van der Waals surface area contributed by atoms with Gasteiger partial charge < -0.3 is 22.8 Å². The Morgan fingerprint density at radius 1 is 1.22 bits per heavy atom. The molecule has 23 heavy (non-hydrogen) atoms. The van der Waals surface area contributed by atoms with Gasteiger partial charge >= 0.3 is 19.0 Å². The van der Waals surface area contributed by atoms with Gasteiger partial charge in [-0.15, -0.1) is 5.46 Å². The molecule has 0 saturated carbocycles. The van der Waals surface area contributed by atoms with Gasteiger partial charge in [0.25, 0.3) is 0 Å². The Bertz CT molecular complexity index is 638. The first kappa shape index (κ1) is 18.9. The zero-order valence-corrected chi connectivity index (χ0v) is 13.5. The molecule has 1 amide bonds. The van der Waals surface area contributed by atoms with Gasteiger partial charge in [-0.25, -0.2) is 9.59 Å². The first-order chi connectivity index (χ1) is 10.2. The quantitative estimate of drug-likeness (QED) is 0.864. The van der Waals surface area contributed by atoms with Crippen LogP contribution in [0.15, 0.2) is 12.1 Å². The fourth-order valence-electron chi connectivity index (χ4n) is 1.91. The van der Waals surface area contributed by atoms with Crippen LogP contribution in [0, 0.1) is 6.92 Å². The lowest BCUT2D eigenvalue weighted by molar-refractivity contribution is 0.0587. The molecule has 1 aromatic rings. The van der Waals surface area contributed by atoms with E-state index in [0.717, 1.165) is 11.0 Å². The molecule has 0 unspecified atom stereocenters. The van der Waals surface area contributed by atoms with E-state index in [1.54, 1.807) is 20.8 Å². The van der Waals surface area contributed by atoms with Crippen molar-refractivity contribution in [1.29, 1.82) is 0 Å². The summed E-state index contributed by atoms with van der Waals surface area (Å²) in [6.07, 6.45) is -0.872. The summed E-state index contributed by atoms with van der Waals surface area (Å²) < 4.78 is 44.1. The van der Waals surface area contributed by atoms with Gasteiger partial charge in [0.05, 0.1) is 5.56 Å². The number of carbonyl (C=O) groups excluding carboxylic acids is 1. The summed E-state index contributed by atoms with van der Waals surface area (Å²) in [5.41, 5.74) is -2.53. The predicted octanol–water partition coefficient (Wildman–Crippen LogP) is 3.12. The Morgan fingerprint density at radius 3 is 2.13 bits per heavy atom. The lowest BCUT2D eigenvalue weighted by Crippen LogP contribution is -2.38. The molecule has 9 heteroatoms. The van der Waals surface area contributed by atoms with Crippen LogP contribution in [0.4, 0.5) is 23.4 Å².